The van der Waals surface area contributed by atoms with E-state index in [1.165, 1.54) is 31.7 Å². The van der Waals surface area contributed by atoms with Crippen LogP contribution in [0, 0.1) is 0 Å². The average molecular weight is 425 g/mol. The van der Waals surface area contributed by atoms with Crippen LogP contribution in [0.4, 0.5) is 13.2 Å². The van der Waals surface area contributed by atoms with Gasteiger partial charge in [0.2, 0.25) is 11.7 Å². The van der Waals surface area contributed by atoms with E-state index < -0.39 is 11.7 Å². The van der Waals surface area contributed by atoms with E-state index in [2.05, 4.69) is 22.4 Å². The Morgan fingerprint density at radius 3 is 2.60 bits per heavy atom. The molecule has 0 amide bonds. The van der Waals surface area contributed by atoms with Crippen molar-refractivity contribution in [3.63, 3.8) is 0 Å². The van der Waals surface area contributed by atoms with Gasteiger partial charge in [0.15, 0.2) is 0 Å². The molecule has 1 aliphatic rings. The summed E-state index contributed by atoms with van der Waals surface area (Å²) in [6.07, 6.45) is 4.96. The molecule has 0 spiro atoms. The summed E-state index contributed by atoms with van der Waals surface area (Å²) in [5.41, 5.74) is -0.549. The number of halogens is 3. The highest BCUT2D eigenvalue weighted by atomic mass is 19.4. The molecule has 1 atom stereocenters. The summed E-state index contributed by atoms with van der Waals surface area (Å²) in [6.45, 7) is 3.31. The monoisotopic (exact) mass is 425 g/mol. The second-order valence-electron chi connectivity index (χ2n) is 7.78. The molecule has 1 aromatic carbocycles. The summed E-state index contributed by atoms with van der Waals surface area (Å²) in [7, 11) is 0. The molecular formula is C22H30F3N3O2. The molecule has 3 rings (SSSR count). The number of aromatic nitrogens is 2. The van der Waals surface area contributed by atoms with Gasteiger partial charge in [-0.1, -0.05) is 50.6 Å². The number of hydrogen-bond donors (Lipinski definition) is 1. The molecule has 0 aliphatic carbocycles. The fourth-order valence-corrected chi connectivity index (χ4v) is 3.65. The smallest absolute Gasteiger partial charge is 0.419 e. The molecule has 1 saturated heterocycles. The third-order valence-electron chi connectivity index (χ3n) is 5.35. The van der Waals surface area contributed by atoms with Crippen LogP contribution in [-0.2, 0) is 6.18 Å². The molecule has 0 radical (unpaired) electrons. The van der Waals surface area contributed by atoms with Gasteiger partial charge in [-0.15, -0.1) is 0 Å². The van der Waals surface area contributed by atoms with Gasteiger partial charge in [0.1, 0.15) is 5.75 Å². The summed E-state index contributed by atoms with van der Waals surface area (Å²) in [4.78, 5) is 4.28. The fraction of sp³-hybridized carbons (Fsp3) is 0.636. The van der Waals surface area contributed by atoms with Gasteiger partial charge in [0.05, 0.1) is 18.2 Å². The number of benzene rings is 1. The standard InChI is InChI=1S/C22H30F3N3O2/c1-2-3-4-5-6-7-8-14-29-19-12-11-16(15-17(19)22(23,24)25)20-27-21(30-28-20)18-10-9-13-26-18/h11-12,15,18,26H,2-10,13-14H2,1H3. The quantitative estimate of drug-likeness (QED) is 0.428. The summed E-state index contributed by atoms with van der Waals surface area (Å²) < 4.78 is 51.5. The van der Waals surface area contributed by atoms with Gasteiger partial charge < -0.3 is 14.6 Å². The second-order valence-corrected chi connectivity index (χ2v) is 7.78. The Labute approximate surface area is 175 Å². The van der Waals surface area contributed by atoms with Crippen LogP contribution in [0.1, 0.15) is 82.2 Å². The lowest BCUT2D eigenvalue weighted by Crippen LogP contribution is -2.13. The lowest BCUT2D eigenvalue weighted by Gasteiger charge is -2.15. The number of unbranched alkanes of at least 4 members (excludes halogenated alkanes) is 6. The largest absolute Gasteiger partial charge is 0.493 e. The van der Waals surface area contributed by atoms with Crippen LogP contribution in [-0.4, -0.2) is 23.3 Å². The zero-order valence-electron chi connectivity index (χ0n) is 17.4. The SMILES string of the molecule is CCCCCCCCCOc1ccc(-c2noc(C3CCCN3)n2)cc1C(F)(F)F. The van der Waals surface area contributed by atoms with E-state index in [4.69, 9.17) is 9.26 Å². The first-order valence-electron chi connectivity index (χ1n) is 10.9. The lowest BCUT2D eigenvalue weighted by atomic mass is 10.1. The number of nitrogens with one attached hydrogen (secondary N) is 1. The maximum Gasteiger partial charge on any atom is 0.419 e. The Hall–Kier alpha value is -2.09. The van der Waals surface area contributed by atoms with Gasteiger partial charge in [0, 0.05) is 5.56 Å². The van der Waals surface area contributed by atoms with Gasteiger partial charge in [-0.3, -0.25) is 0 Å². The molecule has 0 saturated carbocycles. The molecule has 5 nitrogen and oxygen atoms in total. The summed E-state index contributed by atoms with van der Waals surface area (Å²) >= 11 is 0. The number of nitrogens with zero attached hydrogens (tertiary/aromatic N) is 2. The second kappa shape index (κ2) is 10.8. The van der Waals surface area contributed by atoms with Crippen molar-refractivity contribution in [2.45, 2.75) is 76.9 Å². The van der Waals surface area contributed by atoms with Gasteiger partial charge in [-0.2, -0.15) is 18.2 Å². The zero-order valence-corrected chi connectivity index (χ0v) is 17.4. The molecule has 1 aromatic heterocycles. The topological polar surface area (TPSA) is 60.2 Å². The van der Waals surface area contributed by atoms with E-state index in [0.717, 1.165) is 44.7 Å². The minimum Gasteiger partial charge on any atom is -0.493 e. The Bertz CT molecular complexity index is 786. The average Bonchev–Trinajstić information content (AvgIpc) is 3.41. The molecule has 30 heavy (non-hydrogen) atoms. The highest BCUT2D eigenvalue weighted by Gasteiger charge is 2.35. The van der Waals surface area contributed by atoms with Crippen molar-refractivity contribution in [3.8, 4) is 17.1 Å². The minimum atomic E-state index is -4.52. The van der Waals surface area contributed by atoms with E-state index in [9.17, 15) is 13.2 Å². The predicted octanol–water partition coefficient (Wildman–Crippen LogP) is 6.31. The Balaban J connectivity index is 1.61. The Kier molecular flexibility index (Phi) is 8.13. The highest BCUT2D eigenvalue weighted by Crippen LogP contribution is 2.38. The van der Waals surface area contributed by atoms with Crippen molar-refractivity contribution < 1.29 is 22.4 Å². The molecular weight excluding hydrogens is 395 g/mol. The molecule has 166 valence electrons. The first-order valence-corrected chi connectivity index (χ1v) is 10.9. The van der Waals surface area contributed by atoms with Gasteiger partial charge in [-0.25, -0.2) is 0 Å². The van der Waals surface area contributed by atoms with Crippen LogP contribution < -0.4 is 10.1 Å². The fourth-order valence-electron chi connectivity index (χ4n) is 3.65. The normalized spacial score (nSPS) is 16.9. The molecule has 2 aromatic rings. The van der Waals surface area contributed by atoms with Crippen LogP contribution in [0.2, 0.25) is 0 Å². The van der Waals surface area contributed by atoms with Crippen molar-refractivity contribution >= 4 is 0 Å². The number of rotatable bonds is 11. The number of ether oxygens (including phenoxy) is 1. The molecule has 2 heterocycles. The predicted molar refractivity (Wildman–Crippen MR) is 108 cm³/mol. The Morgan fingerprint density at radius 2 is 1.90 bits per heavy atom. The third kappa shape index (κ3) is 6.20. The Morgan fingerprint density at radius 1 is 1.13 bits per heavy atom. The van der Waals surface area contributed by atoms with Crippen molar-refractivity contribution in [3.05, 3.63) is 29.7 Å². The molecule has 1 fully saturated rings. The van der Waals surface area contributed by atoms with Crippen LogP contribution in [0.5, 0.6) is 5.75 Å². The first-order chi connectivity index (χ1) is 14.5. The van der Waals surface area contributed by atoms with Gasteiger partial charge in [-0.05, 0) is 44.0 Å². The van der Waals surface area contributed by atoms with Crippen LogP contribution in [0.25, 0.3) is 11.4 Å². The van der Waals surface area contributed by atoms with E-state index >= 15 is 0 Å². The van der Waals surface area contributed by atoms with Crippen LogP contribution >= 0.6 is 0 Å². The highest BCUT2D eigenvalue weighted by molar-refractivity contribution is 5.59. The first kappa shape index (κ1) is 22.6. The summed E-state index contributed by atoms with van der Waals surface area (Å²) in [6, 6.07) is 3.91. The van der Waals surface area contributed by atoms with Crippen molar-refractivity contribution in [1.82, 2.24) is 15.5 Å². The van der Waals surface area contributed by atoms with Gasteiger partial charge in [0.25, 0.3) is 0 Å². The summed E-state index contributed by atoms with van der Waals surface area (Å²) in [5, 5.41) is 7.10. The maximum atomic E-state index is 13.6. The van der Waals surface area contributed by atoms with Crippen molar-refractivity contribution in [1.29, 1.82) is 0 Å². The summed E-state index contributed by atoms with van der Waals surface area (Å²) in [5.74, 6) is 0.413. The minimum absolute atomic E-state index is 0.0297. The molecule has 1 N–H and O–H groups in total. The van der Waals surface area contributed by atoms with Crippen molar-refractivity contribution in [2.24, 2.45) is 0 Å². The molecule has 0 bridgehead atoms. The van der Waals surface area contributed by atoms with E-state index in [-0.39, 0.29) is 29.8 Å². The molecule has 1 unspecified atom stereocenters. The zero-order chi connectivity index (χ0) is 21.4. The lowest BCUT2D eigenvalue weighted by molar-refractivity contribution is -0.138. The van der Waals surface area contributed by atoms with Crippen molar-refractivity contribution in [2.75, 3.05) is 13.2 Å². The molecule has 1 aliphatic heterocycles. The van der Waals surface area contributed by atoms with E-state index in [1.54, 1.807) is 6.07 Å². The molecule has 8 heteroatoms. The van der Waals surface area contributed by atoms with E-state index in [0.29, 0.717) is 5.89 Å². The third-order valence-corrected chi connectivity index (χ3v) is 5.35. The van der Waals surface area contributed by atoms with Crippen LogP contribution in [0.15, 0.2) is 22.7 Å². The number of hydrogen-bond acceptors (Lipinski definition) is 5. The number of alkyl halides is 3. The van der Waals surface area contributed by atoms with E-state index in [1.807, 2.05) is 0 Å². The maximum absolute atomic E-state index is 13.6. The van der Waals surface area contributed by atoms with Crippen LogP contribution in [0.3, 0.4) is 0 Å². The van der Waals surface area contributed by atoms with Gasteiger partial charge >= 0.3 is 6.18 Å².